The number of amides is 1. The third kappa shape index (κ3) is 8.21. The van der Waals surface area contributed by atoms with E-state index in [1.807, 2.05) is 27.8 Å². The van der Waals surface area contributed by atoms with Crippen molar-refractivity contribution in [3.63, 3.8) is 0 Å². The highest BCUT2D eigenvalue weighted by Crippen LogP contribution is 2.42. The summed E-state index contributed by atoms with van der Waals surface area (Å²) in [6.45, 7) is 20.9. The highest BCUT2D eigenvalue weighted by atomic mass is 79.9. The Hall–Kier alpha value is -0.853. The van der Waals surface area contributed by atoms with Gasteiger partial charge in [-0.3, -0.25) is 0 Å². The van der Waals surface area contributed by atoms with Gasteiger partial charge in [-0.25, -0.2) is 4.79 Å². The highest BCUT2D eigenvalue weighted by molar-refractivity contribution is 9.10. The Balaban J connectivity index is 3.00. The molecule has 4 nitrogen and oxygen atoms in total. The van der Waals surface area contributed by atoms with Crippen LogP contribution in [0.5, 0.6) is 0 Å². The topological polar surface area (TPSA) is 38.8 Å². The first-order valence-corrected chi connectivity index (χ1v) is 14.5. The van der Waals surface area contributed by atoms with Crippen LogP contribution in [0.2, 0.25) is 16.6 Å². The minimum Gasteiger partial charge on any atom is -0.444 e. The first kappa shape index (κ1) is 28.2. The third-order valence-corrected chi connectivity index (χ3v) is 12.7. The first-order valence-electron chi connectivity index (χ1n) is 11.5. The van der Waals surface area contributed by atoms with E-state index >= 15 is 0 Å². The molecule has 1 atom stereocenters. The third-order valence-electron chi connectivity index (χ3n) is 6.07. The maximum Gasteiger partial charge on any atom is 0.410 e. The predicted molar refractivity (Wildman–Crippen MR) is 137 cm³/mol. The van der Waals surface area contributed by atoms with E-state index in [2.05, 4.69) is 81.7 Å². The normalized spacial score (nSPS) is 13.7. The molecule has 0 saturated carbocycles. The predicted octanol–water partition coefficient (Wildman–Crippen LogP) is 7.98. The van der Waals surface area contributed by atoms with Crippen LogP contribution >= 0.6 is 15.9 Å². The van der Waals surface area contributed by atoms with Crippen LogP contribution in [0.1, 0.15) is 80.2 Å². The summed E-state index contributed by atoms with van der Waals surface area (Å²) in [7, 11) is -0.0949. The van der Waals surface area contributed by atoms with E-state index in [-0.39, 0.29) is 12.0 Å². The molecule has 0 fully saturated rings. The Morgan fingerprint density at radius 2 is 1.48 bits per heavy atom. The van der Waals surface area contributed by atoms with Crippen molar-refractivity contribution in [2.75, 3.05) is 20.2 Å². The van der Waals surface area contributed by atoms with Gasteiger partial charge in [0.2, 0.25) is 0 Å². The lowest BCUT2D eigenvalue weighted by atomic mass is 9.95. The van der Waals surface area contributed by atoms with Gasteiger partial charge >= 0.3 is 6.09 Å². The van der Waals surface area contributed by atoms with Crippen molar-refractivity contribution in [2.24, 2.45) is 0 Å². The lowest BCUT2D eigenvalue weighted by Crippen LogP contribution is -2.48. The van der Waals surface area contributed by atoms with E-state index in [0.29, 0.717) is 29.8 Å². The van der Waals surface area contributed by atoms with Crippen molar-refractivity contribution < 1.29 is 14.0 Å². The number of likely N-dealkylation sites (N-methyl/N-ethyl adjacent to an activating group) is 1. The minimum absolute atomic E-state index is 0.184. The van der Waals surface area contributed by atoms with Crippen LogP contribution in [0.4, 0.5) is 4.79 Å². The molecule has 1 amide bonds. The van der Waals surface area contributed by atoms with E-state index in [1.54, 1.807) is 4.90 Å². The summed E-state index contributed by atoms with van der Waals surface area (Å²) in [6.07, 6.45) is 0.584. The molecule has 0 spiro atoms. The van der Waals surface area contributed by atoms with E-state index in [0.717, 1.165) is 10.9 Å². The number of carbonyl (C=O) groups excluding carboxylic acids is 1. The second-order valence-corrected chi connectivity index (χ2v) is 16.9. The molecule has 1 unspecified atom stereocenters. The molecule has 0 bridgehead atoms. The Morgan fingerprint density at radius 3 is 1.90 bits per heavy atom. The van der Waals surface area contributed by atoms with Crippen LogP contribution in [0.3, 0.4) is 0 Å². The Morgan fingerprint density at radius 1 is 1.00 bits per heavy atom. The lowest BCUT2D eigenvalue weighted by molar-refractivity contribution is 0.0284. The van der Waals surface area contributed by atoms with Crippen molar-refractivity contribution in [1.29, 1.82) is 0 Å². The number of nitrogens with zero attached hydrogens (tertiary/aromatic N) is 1. The minimum atomic E-state index is -1.91. The number of halogens is 1. The van der Waals surface area contributed by atoms with Crippen molar-refractivity contribution >= 4 is 30.3 Å². The first-order chi connectivity index (χ1) is 14.2. The summed E-state index contributed by atoms with van der Waals surface area (Å²) >= 11 is 3.52. The standard InChI is InChI=1S/C25H44BrNO3Si/c1-18(2)31(19(3)4,20(5)6)29-16-15-22(21-11-13-23(26)14-12-21)17-27(10)24(28)30-25(7,8)9/h11-14,18-20,22H,15-17H2,1-10H3. The summed E-state index contributed by atoms with van der Waals surface area (Å²) in [5, 5.41) is 0. The summed E-state index contributed by atoms with van der Waals surface area (Å²) < 4.78 is 13.4. The number of hydrogen-bond acceptors (Lipinski definition) is 3. The molecule has 0 aliphatic carbocycles. The number of carbonyl (C=O) groups is 1. The molecule has 1 aromatic rings. The average Bonchev–Trinajstić information content (AvgIpc) is 2.62. The maximum absolute atomic E-state index is 12.6. The largest absolute Gasteiger partial charge is 0.444 e. The summed E-state index contributed by atoms with van der Waals surface area (Å²) in [5.74, 6) is 0.184. The molecule has 31 heavy (non-hydrogen) atoms. The van der Waals surface area contributed by atoms with Crippen molar-refractivity contribution in [3.8, 4) is 0 Å². The quantitative estimate of drug-likeness (QED) is 0.297. The Labute approximate surface area is 200 Å². The summed E-state index contributed by atoms with van der Waals surface area (Å²) in [5.41, 5.74) is 2.39. The molecule has 0 N–H and O–H groups in total. The van der Waals surface area contributed by atoms with Gasteiger partial charge in [0, 0.05) is 30.6 Å². The molecule has 1 aromatic carbocycles. The van der Waals surface area contributed by atoms with Gasteiger partial charge in [0.05, 0.1) is 0 Å². The van der Waals surface area contributed by atoms with Gasteiger partial charge in [-0.05, 0) is 61.5 Å². The summed E-state index contributed by atoms with van der Waals surface area (Å²) in [4.78, 5) is 14.2. The van der Waals surface area contributed by atoms with Crippen molar-refractivity contribution in [3.05, 3.63) is 34.3 Å². The van der Waals surface area contributed by atoms with Gasteiger partial charge < -0.3 is 14.1 Å². The van der Waals surface area contributed by atoms with E-state index in [9.17, 15) is 4.79 Å². The van der Waals surface area contributed by atoms with Crippen LogP contribution in [0, 0.1) is 0 Å². The zero-order valence-electron chi connectivity index (χ0n) is 21.3. The van der Waals surface area contributed by atoms with E-state index < -0.39 is 13.9 Å². The van der Waals surface area contributed by atoms with Gasteiger partial charge in [0.1, 0.15) is 5.60 Å². The Bertz CT molecular complexity index is 661. The highest BCUT2D eigenvalue weighted by Gasteiger charge is 2.45. The molecule has 0 radical (unpaired) electrons. The molecule has 6 heteroatoms. The number of rotatable bonds is 10. The van der Waals surface area contributed by atoms with Crippen molar-refractivity contribution in [1.82, 2.24) is 4.90 Å². The fraction of sp³-hybridized carbons (Fsp3) is 0.720. The fourth-order valence-corrected chi connectivity index (χ4v) is 10.5. The molecular formula is C25H44BrNO3Si. The molecule has 0 aliphatic heterocycles. The van der Waals surface area contributed by atoms with Crippen LogP contribution in [0.25, 0.3) is 0 Å². The molecule has 0 heterocycles. The maximum atomic E-state index is 12.6. The molecule has 0 aliphatic rings. The van der Waals surface area contributed by atoms with E-state index in [1.165, 1.54) is 5.56 Å². The smallest absolute Gasteiger partial charge is 0.410 e. The van der Waals surface area contributed by atoms with Gasteiger partial charge in [-0.2, -0.15) is 0 Å². The van der Waals surface area contributed by atoms with Gasteiger partial charge in [0.25, 0.3) is 0 Å². The van der Waals surface area contributed by atoms with Crippen molar-refractivity contribution in [2.45, 2.75) is 96.9 Å². The Kier molecular flexibility index (Phi) is 10.8. The average molecular weight is 515 g/mol. The van der Waals surface area contributed by atoms with Crippen LogP contribution < -0.4 is 0 Å². The second-order valence-electron chi connectivity index (χ2n) is 10.6. The monoisotopic (exact) mass is 513 g/mol. The zero-order chi connectivity index (χ0) is 24.0. The van der Waals surface area contributed by atoms with Crippen LogP contribution in [-0.2, 0) is 9.16 Å². The second kappa shape index (κ2) is 11.8. The number of ether oxygens (including phenoxy) is 1. The molecular weight excluding hydrogens is 470 g/mol. The van der Waals surface area contributed by atoms with Gasteiger partial charge in [0.15, 0.2) is 8.32 Å². The van der Waals surface area contributed by atoms with E-state index in [4.69, 9.17) is 9.16 Å². The molecule has 0 saturated heterocycles. The SMILES string of the molecule is CC(C)[Si](OCCC(CN(C)C(=O)OC(C)(C)C)c1ccc(Br)cc1)(C(C)C)C(C)C. The summed E-state index contributed by atoms with van der Waals surface area (Å²) in [6, 6.07) is 8.39. The lowest BCUT2D eigenvalue weighted by Gasteiger charge is -2.42. The van der Waals surface area contributed by atoms with Gasteiger partial charge in [-0.15, -0.1) is 0 Å². The van der Waals surface area contributed by atoms with Crippen LogP contribution in [0.15, 0.2) is 28.7 Å². The molecule has 1 rings (SSSR count). The van der Waals surface area contributed by atoms with Crippen LogP contribution in [-0.4, -0.2) is 45.1 Å². The molecule has 0 aromatic heterocycles. The molecule has 178 valence electrons. The number of hydrogen-bond donors (Lipinski definition) is 0. The van der Waals surface area contributed by atoms with Gasteiger partial charge in [-0.1, -0.05) is 69.6 Å². The number of benzene rings is 1. The zero-order valence-corrected chi connectivity index (χ0v) is 23.9. The fourth-order valence-electron chi connectivity index (χ4n) is 4.72.